The molecule has 0 amide bonds. The molecule has 0 aliphatic rings. The van der Waals surface area contributed by atoms with Gasteiger partial charge in [-0.3, -0.25) is 0 Å². The number of hydrogen-bond donors (Lipinski definition) is 2. The maximum absolute atomic E-state index is 9.51. The summed E-state index contributed by atoms with van der Waals surface area (Å²) in [4.78, 5) is 0. The molecule has 3 heteroatoms. The van der Waals surface area contributed by atoms with Gasteiger partial charge in [-0.1, -0.05) is 19.1 Å². The van der Waals surface area contributed by atoms with Gasteiger partial charge in [0, 0.05) is 5.54 Å². The van der Waals surface area contributed by atoms with Crippen molar-refractivity contribution in [2.75, 3.05) is 20.3 Å². The highest BCUT2D eigenvalue weighted by Gasteiger charge is 2.24. The Balaban J connectivity index is 2.55. The third-order valence-electron chi connectivity index (χ3n) is 4.43. The molecule has 0 saturated carbocycles. The van der Waals surface area contributed by atoms with Gasteiger partial charge < -0.3 is 15.2 Å². The van der Waals surface area contributed by atoms with Crippen molar-refractivity contribution >= 4 is 0 Å². The van der Waals surface area contributed by atoms with Crippen molar-refractivity contribution in [3.05, 3.63) is 28.8 Å². The average molecular weight is 279 g/mol. The first-order valence-corrected chi connectivity index (χ1v) is 7.49. The van der Waals surface area contributed by atoms with E-state index in [9.17, 15) is 5.11 Å². The number of hydrogen-bond acceptors (Lipinski definition) is 3. The number of rotatable bonds is 8. The van der Waals surface area contributed by atoms with Gasteiger partial charge in [-0.2, -0.15) is 0 Å². The van der Waals surface area contributed by atoms with Crippen LogP contribution in [0.15, 0.2) is 12.1 Å². The lowest BCUT2D eigenvalue weighted by molar-refractivity contribution is 0.145. The molecule has 0 spiro atoms. The molecular weight excluding hydrogens is 250 g/mol. The van der Waals surface area contributed by atoms with Gasteiger partial charge in [0.25, 0.3) is 0 Å². The highest BCUT2D eigenvalue weighted by atomic mass is 16.5. The highest BCUT2D eigenvalue weighted by Crippen LogP contribution is 2.26. The predicted octanol–water partition coefficient (Wildman–Crippen LogP) is 3.13. The maximum atomic E-state index is 9.51. The minimum atomic E-state index is -0.167. The lowest BCUT2D eigenvalue weighted by Gasteiger charge is -2.30. The van der Waals surface area contributed by atoms with Gasteiger partial charge in [-0.05, 0) is 63.8 Å². The van der Waals surface area contributed by atoms with Gasteiger partial charge in [0.1, 0.15) is 5.75 Å². The van der Waals surface area contributed by atoms with Crippen LogP contribution >= 0.6 is 0 Å². The van der Waals surface area contributed by atoms with Crippen LogP contribution in [0.1, 0.15) is 42.9 Å². The van der Waals surface area contributed by atoms with Crippen LogP contribution in [0.5, 0.6) is 5.75 Å². The summed E-state index contributed by atoms with van der Waals surface area (Å²) in [6.07, 6.45) is 2.77. The van der Waals surface area contributed by atoms with Crippen LogP contribution in [0.4, 0.5) is 0 Å². The molecule has 1 unspecified atom stereocenters. The summed E-state index contributed by atoms with van der Waals surface area (Å²) >= 11 is 0. The molecule has 0 fully saturated rings. The molecule has 3 nitrogen and oxygen atoms in total. The van der Waals surface area contributed by atoms with Gasteiger partial charge in [-0.25, -0.2) is 0 Å². The van der Waals surface area contributed by atoms with E-state index in [-0.39, 0.29) is 12.1 Å². The zero-order chi connectivity index (χ0) is 15.2. The Bertz CT molecular complexity index is 417. The van der Waals surface area contributed by atoms with E-state index < -0.39 is 0 Å². The summed E-state index contributed by atoms with van der Waals surface area (Å²) in [5.74, 6) is 1.01. The Morgan fingerprint density at radius 2 is 1.85 bits per heavy atom. The summed E-state index contributed by atoms with van der Waals surface area (Å²) in [6, 6.07) is 4.24. The fourth-order valence-electron chi connectivity index (χ4n) is 2.48. The molecule has 0 radical (unpaired) electrons. The fourth-order valence-corrected chi connectivity index (χ4v) is 2.48. The van der Waals surface area contributed by atoms with E-state index in [1.807, 2.05) is 7.05 Å². The van der Waals surface area contributed by atoms with E-state index in [0.717, 1.165) is 25.0 Å². The van der Waals surface area contributed by atoms with Crippen LogP contribution in [0, 0.1) is 20.8 Å². The van der Waals surface area contributed by atoms with E-state index in [2.05, 4.69) is 45.1 Å². The zero-order valence-corrected chi connectivity index (χ0v) is 13.5. The molecule has 0 bridgehead atoms. The first kappa shape index (κ1) is 17.0. The van der Waals surface area contributed by atoms with E-state index >= 15 is 0 Å². The fraction of sp³-hybridized carbons (Fsp3) is 0.647. The van der Waals surface area contributed by atoms with Crippen LogP contribution < -0.4 is 10.1 Å². The molecule has 1 rings (SSSR count). The Kier molecular flexibility index (Phi) is 6.50. The van der Waals surface area contributed by atoms with Crippen molar-refractivity contribution in [2.24, 2.45) is 0 Å². The number of ether oxygens (including phenoxy) is 1. The Hall–Kier alpha value is -1.06. The van der Waals surface area contributed by atoms with Gasteiger partial charge in [0.2, 0.25) is 0 Å². The maximum Gasteiger partial charge on any atom is 0.125 e. The Morgan fingerprint density at radius 1 is 1.20 bits per heavy atom. The summed E-state index contributed by atoms with van der Waals surface area (Å²) in [5.41, 5.74) is 3.51. The van der Waals surface area contributed by atoms with Crippen LogP contribution in [0.2, 0.25) is 0 Å². The number of benzene rings is 1. The van der Waals surface area contributed by atoms with Crippen molar-refractivity contribution in [1.29, 1.82) is 0 Å². The molecule has 0 aliphatic heterocycles. The largest absolute Gasteiger partial charge is 0.493 e. The van der Waals surface area contributed by atoms with E-state index in [4.69, 9.17) is 4.74 Å². The molecule has 0 aliphatic carbocycles. The second-order valence-corrected chi connectivity index (χ2v) is 5.65. The molecule has 1 aromatic rings. The molecular formula is C17H29NO2. The van der Waals surface area contributed by atoms with Crippen molar-refractivity contribution in [3.63, 3.8) is 0 Å². The third kappa shape index (κ3) is 3.97. The van der Waals surface area contributed by atoms with Crippen molar-refractivity contribution in [1.82, 2.24) is 5.32 Å². The van der Waals surface area contributed by atoms with Crippen molar-refractivity contribution < 1.29 is 9.84 Å². The standard InChI is InChI=1S/C17H29NO2/c1-6-17(12-19,18-5)10-7-11-20-16-14(3)9-8-13(2)15(16)4/h8-9,18-19H,6-7,10-12H2,1-5H3. The smallest absolute Gasteiger partial charge is 0.125 e. The van der Waals surface area contributed by atoms with E-state index in [1.165, 1.54) is 16.7 Å². The molecule has 2 N–H and O–H groups in total. The normalized spacial score (nSPS) is 14.1. The zero-order valence-electron chi connectivity index (χ0n) is 13.5. The van der Waals surface area contributed by atoms with E-state index in [1.54, 1.807) is 0 Å². The third-order valence-corrected chi connectivity index (χ3v) is 4.43. The first-order valence-electron chi connectivity index (χ1n) is 7.49. The highest BCUT2D eigenvalue weighted by molar-refractivity contribution is 5.44. The molecule has 114 valence electrons. The average Bonchev–Trinajstić information content (AvgIpc) is 2.47. The minimum absolute atomic E-state index is 0.167. The first-order chi connectivity index (χ1) is 9.49. The van der Waals surface area contributed by atoms with Gasteiger partial charge >= 0.3 is 0 Å². The van der Waals surface area contributed by atoms with Crippen LogP contribution in [0.3, 0.4) is 0 Å². The van der Waals surface area contributed by atoms with E-state index in [0.29, 0.717) is 6.61 Å². The number of aryl methyl sites for hydroxylation is 2. The number of aliphatic hydroxyl groups is 1. The number of aliphatic hydroxyl groups excluding tert-OH is 1. The SMILES string of the molecule is CCC(CO)(CCCOc1c(C)ccc(C)c1C)NC. The number of likely N-dealkylation sites (N-methyl/N-ethyl adjacent to an activating group) is 1. The molecule has 20 heavy (non-hydrogen) atoms. The number of nitrogens with one attached hydrogen (secondary N) is 1. The predicted molar refractivity (Wildman–Crippen MR) is 84.5 cm³/mol. The molecule has 1 atom stereocenters. The summed E-state index contributed by atoms with van der Waals surface area (Å²) in [6.45, 7) is 9.25. The molecule has 0 saturated heterocycles. The minimum Gasteiger partial charge on any atom is -0.493 e. The molecule has 0 heterocycles. The van der Waals surface area contributed by atoms with Crippen LogP contribution in [-0.2, 0) is 0 Å². The Labute approximate surface area is 123 Å². The Morgan fingerprint density at radius 3 is 2.40 bits per heavy atom. The molecule has 1 aromatic carbocycles. The van der Waals surface area contributed by atoms with Crippen molar-refractivity contribution in [2.45, 2.75) is 52.5 Å². The molecule has 0 aromatic heterocycles. The van der Waals surface area contributed by atoms with Gasteiger partial charge in [0.15, 0.2) is 0 Å². The van der Waals surface area contributed by atoms with Gasteiger partial charge in [0.05, 0.1) is 13.2 Å². The summed E-state index contributed by atoms with van der Waals surface area (Å²) in [5, 5.41) is 12.8. The van der Waals surface area contributed by atoms with Crippen LogP contribution in [-0.4, -0.2) is 30.9 Å². The monoisotopic (exact) mass is 279 g/mol. The van der Waals surface area contributed by atoms with Crippen LogP contribution in [0.25, 0.3) is 0 Å². The second-order valence-electron chi connectivity index (χ2n) is 5.65. The topological polar surface area (TPSA) is 41.5 Å². The summed E-state index contributed by atoms with van der Waals surface area (Å²) < 4.78 is 5.97. The lowest BCUT2D eigenvalue weighted by Crippen LogP contribution is -2.46. The quantitative estimate of drug-likeness (QED) is 0.718. The lowest BCUT2D eigenvalue weighted by atomic mass is 9.92. The van der Waals surface area contributed by atoms with Crippen molar-refractivity contribution in [3.8, 4) is 5.75 Å². The summed E-state index contributed by atoms with van der Waals surface area (Å²) in [7, 11) is 1.91. The van der Waals surface area contributed by atoms with Gasteiger partial charge in [-0.15, -0.1) is 0 Å². The second kappa shape index (κ2) is 7.65.